The van der Waals surface area contributed by atoms with Gasteiger partial charge in [-0.1, -0.05) is 36.9 Å². The minimum atomic E-state index is -1.03. The Morgan fingerprint density at radius 2 is 2.00 bits per heavy atom. The van der Waals surface area contributed by atoms with Gasteiger partial charge in [-0.3, -0.25) is 0 Å². The van der Waals surface area contributed by atoms with Gasteiger partial charge in [-0.25, -0.2) is 9.59 Å². The number of carbonyl (C=O) groups is 2. The largest absolute Gasteiger partial charge is 0.513 e. The first kappa shape index (κ1) is 15.6. The lowest BCUT2D eigenvalue weighted by molar-refractivity contribution is -0.143. The lowest BCUT2D eigenvalue weighted by Gasteiger charge is -2.15. The molecule has 0 aliphatic heterocycles. The van der Waals surface area contributed by atoms with Gasteiger partial charge in [-0.05, 0) is 5.56 Å². The fourth-order valence-electron chi connectivity index (χ4n) is 1.48. The van der Waals surface area contributed by atoms with Crippen molar-refractivity contribution in [1.29, 1.82) is 0 Å². The van der Waals surface area contributed by atoms with E-state index in [1.54, 1.807) is 12.1 Å². The third-order valence-corrected chi connectivity index (χ3v) is 2.43. The number of benzene rings is 1. The third kappa shape index (κ3) is 5.43. The van der Waals surface area contributed by atoms with E-state index in [0.717, 1.165) is 5.56 Å². The van der Waals surface area contributed by atoms with Crippen molar-refractivity contribution in [3.8, 4) is 0 Å². The number of aliphatic hydroxyl groups excluding tert-OH is 1. The summed E-state index contributed by atoms with van der Waals surface area (Å²) in [4.78, 5) is 23.0. The van der Waals surface area contributed by atoms with E-state index in [1.165, 1.54) is 7.11 Å². The molecule has 6 nitrogen and oxygen atoms in total. The molecule has 0 bridgehead atoms. The molecule has 0 spiro atoms. The summed E-state index contributed by atoms with van der Waals surface area (Å²) >= 11 is 0. The molecule has 1 rings (SSSR count). The van der Waals surface area contributed by atoms with Crippen LogP contribution in [-0.4, -0.2) is 30.3 Å². The Balaban J connectivity index is 2.49. The van der Waals surface area contributed by atoms with Crippen LogP contribution >= 0.6 is 0 Å². The quantitative estimate of drug-likeness (QED) is 0.614. The minimum absolute atomic E-state index is 0.0840. The van der Waals surface area contributed by atoms with Gasteiger partial charge in [0.25, 0.3) is 0 Å². The average Bonchev–Trinajstić information content (AvgIpc) is 2.44. The molecule has 0 saturated heterocycles. The van der Waals surface area contributed by atoms with E-state index in [0.29, 0.717) is 0 Å². The first-order valence-electron chi connectivity index (χ1n) is 5.94. The molecule has 0 aromatic heterocycles. The summed E-state index contributed by atoms with van der Waals surface area (Å²) in [6.07, 6.45) is -0.905. The maximum atomic E-state index is 11.6. The molecule has 20 heavy (non-hydrogen) atoms. The highest BCUT2D eigenvalue weighted by molar-refractivity contribution is 5.81. The second-order valence-electron chi connectivity index (χ2n) is 4.05. The first-order valence-corrected chi connectivity index (χ1v) is 5.94. The number of ether oxygens (including phenoxy) is 2. The standard InChI is InChI=1S/C14H17NO5/c1-10(16)8-12(13(17)19-2)15-14(18)20-9-11-6-4-3-5-7-11/h3-7,12,16H,1,8-9H2,2H3,(H,15,18). The Bertz CT molecular complexity index is 472. The fourth-order valence-corrected chi connectivity index (χ4v) is 1.48. The van der Waals surface area contributed by atoms with Crippen LogP contribution in [0.2, 0.25) is 0 Å². The van der Waals surface area contributed by atoms with Gasteiger partial charge in [-0.2, -0.15) is 0 Å². The van der Waals surface area contributed by atoms with Crippen molar-refractivity contribution < 1.29 is 24.2 Å². The molecule has 1 unspecified atom stereocenters. The zero-order valence-corrected chi connectivity index (χ0v) is 11.2. The Morgan fingerprint density at radius 1 is 1.35 bits per heavy atom. The summed E-state index contributed by atoms with van der Waals surface area (Å²) in [5, 5.41) is 11.4. The Morgan fingerprint density at radius 3 is 2.55 bits per heavy atom. The summed E-state index contributed by atoms with van der Waals surface area (Å²) in [7, 11) is 1.19. The highest BCUT2D eigenvalue weighted by Gasteiger charge is 2.23. The fraction of sp³-hybridized carbons (Fsp3) is 0.286. The Hall–Kier alpha value is -2.50. The molecule has 0 heterocycles. The first-order chi connectivity index (χ1) is 9.52. The van der Waals surface area contributed by atoms with Crippen LogP contribution in [0.1, 0.15) is 12.0 Å². The van der Waals surface area contributed by atoms with Crippen LogP contribution in [0.5, 0.6) is 0 Å². The van der Waals surface area contributed by atoms with Gasteiger partial charge in [-0.15, -0.1) is 0 Å². The molecule has 0 radical (unpaired) electrons. The van der Waals surface area contributed by atoms with E-state index in [9.17, 15) is 9.59 Å². The van der Waals surface area contributed by atoms with Crippen molar-refractivity contribution in [1.82, 2.24) is 5.32 Å². The molecule has 0 fully saturated rings. The van der Waals surface area contributed by atoms with Gasteiger partial charge in [0.1, 0.15) is 12.6 Å². The van der Waals surface area contributed by atoms with Gasteiger partial charge in [0.2, 0.25) is 0 Å². The van der Waals surface area contributed by atoms with Crippen LogP contribution in [-0.2, 0) is 20.9 Å². The molecule has 1 amide bonds. The van der Waals surface area contributed by atoms with Crippen molar-refractivity contribution in [2.24, 2.45) is 0 Å². The van der Waals surface area contributed by atoms with Crippen LogP contribution in [0, 0.1) is 0 Å². The maximum absolute atomic E-state index is 11.6. The number of hydrogen-bond acceptors (Lipinski definition) is 5. The van der Waals surface area contributed by atoms with Crippen LogP contribution in [0.15, 0.2) is 42.7 Å². The molecule has 0 aliphatic rings. The van der Waals surface area contributed by atoms with Gasteiger partial charge in [0.05, 0.1) is 12.9 Å². The summed E-state index contributed by atoms with van der Waals surface area (Å²) in [6.45, 7) is 3.35. The van der Waals surface area contributed by atoms with E-state index in [2.05, 4.69) is 16.6 Å². The number of hydrogen-bond donors (Lipinski definition) is 2. The smallest absolute Gasteiger partial charge is 0.408 e. The molecule has 0 saturated carbocycles. The summed E-state index contributed by atoms with van der Waals surface area (Å²) in [5.74, 6) is -0.916. The monoisotopic (exact) mass is 279 g/mol. The van der Waals surface area contributed by atoms with Crippen LogP contribution in [0.3, 0.4) is 0 Å². The molecule has 1 aromatic carbocycles. The normalized spacial score (nSPS) is 11.2. The van der Waals surface area contributed by atoms with Gasteiger partial charge >= 0.3 is 12.1 Å². The number of amides is 1. The Labute approximate surface area is 117 Å². The van der Waals surface area contributed by atoms with Crippen LogP contribution < -0.4 is 5.32 Å². The maximum Gasteiger partial charge on any atom is 0.408 e. The number of esters is 1. The summed E-state index contributed by atoms with van der Waals surface area (Å²) in [6, 6.07) is 8.08. The number of alkyl carbamates (subject to hydrolysis) is 1. The molecular formula is C14H17NO5. The van der Waals surface area contributed by atoms with Crippen molar-refractivity contribution in [3.05, 3.63) is 48.2 Å². The van der Waals surface area contributed by atoms with Crippen molar-refractivity contribution in [3.63, 3.8) is 0 Å². The van der Waals surface area contributed by atoms with E-state index in [4.69, 9.17) is 9.84 Å². The topological polar surface area (TPSA) is 84.9 Å². The van der Waals surface area contributed by atoms with Gasteiger partial charge in [0.15, 0.2) is 0 Å². The van der Waals surface area contributed by atoms with Crippen molar-refractivity contribution in [2.75, 3.05) is 7.11 Å². The molecule has 2 N–H and O–H groups in total. The zero-order valence-electron chi connectivity index (χ0n) is 11.2. The molecule has 1 atom stereocenters. The Kier molecular flexibility index (Phi) is 6.09. The predicted molar refractivity (Wildman–Crippen MR) is 72.0 cm³/mol. The number of aliphatic hydroxyl groups is 1. The molecule has 108 valence electrons. The minimum Gasteiger partial charge on any atom is -0.513 e. The summed E-state index contributed by atoms with van der Waals surface area (Å²) < 4.78 is 9.48. The second-order valence-corrected chi connectivity index (χ2v) is 4.05. The number of methoxy groups -OCH3 is 1. The van der Waals surface area contributed by atoms with Crippen LogP contribution in [0.4, 0.5) is 4.79 Å². The number of carbonyl (C=O) groups excluding carboxylic acids is 2. The molecular weight excluding hydrogens is 262 g/mol. The van der Waals surface area contributed by atoms with Gasteiger partial charge < -0.3 is 19.9 Å². The third-order valence-electron chi connectivity index (χ3n) is 2.43. The molecule has 1 aromatic rings. The van der Waals surface area contributed by atoms with E-state index in [-0.39, 0.29) is 18.8 Å². The predicted octanol–water partition coefficient (Wildman–Crippen LogP) is 1.92. The molecule has 6 heteroatoms. The highest BCUT2D eigenvalue weighted by atomic mass is 16.6. The highest BCUT2D eigenvalue weighted by Crippen LogP contribution is 2.04. The SMILES string of the molecule is C=C(O)CC(NC(=O)OCc1ccccc1)C(=O)OC. The van der Waals surface area contributed by atoms with E-state index >= 15 is 0 Å². The van der Waals surface area contributed by atoms with Crippen LogP contribution in [0.25, 0.3) is 0 Å². The number of nitrogens with one attached hydrogen (secondary N) is 1. The molecule has 0 aliphatic carbocycles. The zero-order chi connectivity index (χ0) is 15.0. The summed E-state index contributed by atoms with van der Waals surface area (Å²) in [5.41, 5.74) is 0.823. The van der Waals surface area contributed by atoms with Gasteiger partial charge in [0, 0.05) is 6.42 Å². The van der Waals surface area contributed by atoms with Crippen molar-refractivity contribution in [2.45, 2.75) is 19.1 Å². The lowest BCUT2D eigenvalue weighted by Crippen LogP contribution is -2.42. The second kappa shape index (κ2) is 7.83. The van der Waals surface area contributed by atoms with E-state index < -0.39 is 18.1 Å². The van der Waals surface area contributed by atoms with Crippen molar-refractivity contribution >= 4 is 12.1 Å². The lowest BCUT2D eigenvalue weighted by atomic mass is 10.2. The van der Waals surface area contributed by atoms with E-state index in [1.807, 2.05) is 18.2 Å². The average molecular weight is 279 g/mol. The number of rotatable bonds is 6.